The van der Waals surface area contributed by atoms with Crippen LogP contribution in [0.2, 0.25) is 0 Å². The Morgan fingerprint density at radius 2 is 1.83 bits per heavy atom. The van der Waals surface area contributed by atoms with Crippen molar-refractivity contribution in [3.63, 3.8) is 0 Å². The summed E-state index contributed by atoms with van der Waals surface area (Å²) >= 11 is 0. The topological polar surface area (TPSA) is 42.0 Å². The molecule has 30 heavy (non-hydrogen) atoms. The predicted molar refractivity (Wildman–Crippen MR) is 107 cm³/mol. The summed E-state index contributed by atoms with van der Waals surface area (Å²) in [6.07, 6.45) is -2.57. The summed E-state index contributed by atoms with van der Waals surface area (Å²) in [5.74, 6) is 1.26. The van der Waals surface area contributed by atoms with Gasteiger partial charge in [-0.2, -0.15) is 13.2 Å². The SMILES string of the molecule is COc1ccc2c(c1)C=C(C(=O)N1CCN(c3cccc(C(F)(F)F)c3)CC1)CO2. The van der Waals surface area contributed by atoms with Gasteiger partial charge in [-0.1, -0.05) is 6.07 Å². The van der Waals surface area contributed by atoms with Crippen molar-refractivity contribution in [3.8, 4) is 11.5 Å². The van der Waals surface area contributed by atoms with Gasteiger partial charge in [-0.3, -0.25) is 4.79 Å². The van der Waals surface area contributed by atoms with Crippen molar-refractivity contribution in [1.82, 2.24) is 4.90 Å². The van der Waals surface area contributed by atoms with E-state index < -0.39 is 11.7 Å². The molecule has 1 amide bonds. The number of carbonyl (C=O) groups is 1. The summed E-state index contributed by atoms with van der Waals surface area (Å²) in [5.41, 5.74) is 1.17. The molecule has 2 aromatic carbocycles. The van der Waals surface area contributed by atoms with Crippen molar-refractivity contribution < 1.29 is 27.4 Å². The average Bonchev–Trinajstić information content (AvgIpc) is 2.77. The minimum absolute atomic E-state index is 0.118. The van der Waals surface area contributed by atoms with Gasteiger partial charge < -0.3 is 19.3 Å². The molecule has 0 saturated carbocycles. The summed E-state index contributed by atoms with van der Waals surface area (Å²) < 4.78 is 49.8. The van der Waals surface area contributed by atoms with Crippen molar-refractivity contribution in [2.24, 2.45) is 0 Å². The first-order valence-corrected chi connectivity index (χ1v) is 9.58. The fourth-order valence-corrected chi connectivity index (χ4v) is 3.66. The number of methoxy groups -OCH3 is 1. The van der Waals surface area contributed by atoms with E-state index in [1.165, 1.54) is 6.07 Å². The second kappa shape index (κ2) is 7.93. The number of benzene rings is 2. The first-order chi connectivity index (χ1) is 14.3. The van der Waals surface area contributed by atoms with Crippen molar-refractivity contribution in [1.29, 1.82) is 0 Å². The second-order valence-electron chi connectivity index (χ2n) is 7.19. The fraction of sp³-hybridized carbons (Fsp3) is 0.318. The molecule has 158 valence electrons. The van der Waals surface area contributed by atoms with Gasteiger partial charge in [0.1, 0.15) is 18.1 Å². The number of halogens is 3. The lowest BCUT2D eigenvalue weighted by Crippen LogP contribution is -2.49. The molecule has 1 fully saturated rings. The van der Waals surface area contributed by atoms with Crippen LogP contribution in [0.15, 0.2) is 48.0 Å². The molecule has 0 unspecified atom stereocenters. The molecular formula is C22H21F3N2O3. The van der Waals surface area contributed by atoms with Crippen molar-refractivity contribution >= 4 is 17.7 Å². The van der Waals surface area contributed by atoms with E-state index in [1.54, 1.807) is 30.2 Å². The van der Waals surface area contributed by atoms with Crippen LogP contribution in [0.25, 0.3) is 6.08 Å². The second-order valence-corrected chi connectivity index (χ2v) is 7.19. The van der Waals surface area contributed by atoms with Crippen molar-refractivity contribution in [2.75, 3.05) is 44.8 Å². The molecule has 8 heteroatoms. The maximum absolute atomic E-state index is 13.0. The third kappa shape index (κ3) is 4.08. The third-order valence-electron chi connectivity index (χ3n) is 5.31. The van der Waals surface area contributed by atoms with Gasteiger partial charge in [0, 0.05) is 37.4 Å². The van der Waals surface area contributed by atoms with E-state index in [1.807, 2.05) is 17.0 Å². The molecule has 0 atom stereocenters. The first-order valence-electron chi connectivity index (χ1n) is 9.58. The Labute approximate surface area is 172 Å². The van der Waals surface area contributed by atoms with Gasteiger partial charge >= 0.3 is 6.18 Å². The Bertz CT molecular complexity index is 980. The van der Waals surface area contributed by atoms with Crippen LogP contribution in [0, 0.1) is 0 Å². The van der Waals surface area contributed by atoms with Crippen molar-refractivity contribution in [3.05, 3.63) is 59.2 Å². The smallest absolute Gasteiger partial charge is 0.416 e. The molecule has 4 rings (SSSR count). The Morgan fingerprint density at radius 1 is 1.07 bits per heavy atom. The molecule has 0 aliphatic carbocycles. The van der Waals surface area contributed by atoms with Crippen LogP contribution >= 0.6 is 0 Å². The zero-order valence-corrected chi connectivity index (χ0v) is 16.4. The number of amides is 1. The number of alkyl halides is 3. The molecule has 2 aliphatic heterocycles. The number of ether oxygens (including phenoxy) is 2. The lowest BCUT2D eigenvalue weighted by Gasteiger charge is -2.37. The maximum Gasteiger partial charge on any atom is 0.416 e. The highest BCUT2D eigenvalue weighted by atomic mass is 19.4. The number of carbonyl (C=O) groups excluding carboxylic acids is 1. The summed E-state index contributed by atoms with van der Waals surface area (Å²) in [6.45, 7) is 1.97. The van der Waals surface area contributed by atoms with Crippen LogP contribution in [0.5, 0.6) is 11.5 Å². The number of nitrogens with zero attached hydrogens (tertiary/aromatic N) is 2. The van der Waals surface area contributed by atoms with Crippen LogP contribution in [0.3, 0.4) is 0 Å². The molecule has 2 heterocycles. The molecular weight excluding hydrogens is 397 g/mol. The highest BCUT2D eigenvalue weighted by Crippen LogP contribution is 2.33. The zero-order chi connectivity index (χ0) is 21.3. The molecule has 0 radical (unpaired) electrons. The molecule has 2 aliphatic rings. The molecule has 0 bridgehead atoms. The average molecular weight is 418 g/mol. The van der Waals surface area contributed by atoms with E-state index in [4.69, 9.17) is 9.47 Å². The van der Waals surface area contributed by atoms with Crippen molar-refractivity contribution in [2.45, 2.75) is 6.18 Å². The Hall–Kier alpha value is -3.16. The quantitative estimate of drug-likeness (QED) is 0.760. The third-order valence-corrected chi connectivity index (χ3v) is 5.31. The van der Waals surface area contributed by atoms with Crippen LogP contribution in [0.1, 0.15) is 11.1 Å². The molecule has 1 saturated heterocycles. The lowest BCUT2D eigenvalue weighted by molar-refractivity contribution is -0.137. The van der Waals surface area contributed by atoms with E-state index in [0.29, 0.717) is 48.9 Å². The van der Waals surface area contributed by atoms with Gasteiger partial charge in [0.25, 0.3) is 5.91 Å². The molecule has 5 nitrogen and oxygen atoms in total. The van der Waals surface area contributed by atoms with E-state index in [-0.39, 0.29) is 12.5 Å². The van der Waals surface area contributed by atoms with E-state index in [0.717, 1.165) is 17.7 Å². The summed E-state index contributed by atoms with van der Waals surface area (Å²) in [7, 11) is 1.57. The zero-order valence-electron chi connectivity index (χ0n) is 16.4. The van der Waals surface area contributed by atoms with Gasteiger partial charge in [-0.25, -0.2) is 0 Å². The Balaban J connectivity index is 1.43. The molecule has 2 aromatic rings. The number of fused-ring (bicyclic) bond motifs is 1. The van der Waals surface area contributed by atoms with Crippen LogP contribution < -0.4 is 14.4 Å². The van der Waals surface area contributed by atoms with Gasteiger partial charge in [0.05, 0.1) is 18.2 Å². The number of rotatable bonds is 3. The molecule has 0 aromatic heterocycles. The molecule has 0 N–H and O–H groups in total. The number of piperazine rings is 1. The van der Waals surface area contributed by atoms with E-state index >= 15 is 0 Å². The van der Waals surface area contributed by atoms with Crippen LogP contribution in [-0.4, -0.2) is 50.7 Å². The minimum Gasteiger partial charge on any atom is -0.497 e. The fourth-order valence-electron chi connectivity index (χ4n) is 3.66. The highest BCUT2D eigenvalue weighted by Gasteiger charge is 2.31. The lowest BCUT2D eigenvalue weighted by atomic mass is 10.1. The summed E-state index contributed by atoms with van der Waals surface area (Å²) in [6, 6.07) is 10.7. The van der Waals surface area contributed by atoms with Crippen LogP contribution in [0.4, 0.5) is 18.9 Å². The van der Waals surface area contributed by atoms with E-state index in [2.05, 4.69) is 0 Å². The predicted octanol–water partition coefficient (Wildman–Crippen LogP) is 3.84. The number of hydrogen-bond acceptors (Lipinski definition) is 4. The van der Waals surface area contributed by atoms with E-state index in [9.17, 15) is 18.0 Å². The van der Waals surface area contributed by atoms with Gasteiger partial charge in [-0.15, -0.1) is 0 Å². The minimum atomic E-state index is -4.37. The largest absolute Gasteiger partial charge is 0.497 e. The normalized spacial score (nSPS) is 16.5. The summed E-state index contributed by atoms with van der Waals surface area (Å²) in [4.78, 5) is 16.5. The number of anilines is 1. The Kier molecular flexibility index (Phi) is 5.32. The highest BCUT2D eigenvalue weighted by molar-refractivity contribution is 5.99. The molecule has 0 spiro atoms. The summed E-state index contributed by atoms with van der Waals surface area (Å²) in [5, 5.41) is 0. The standard InChI is InChI=1S/C22H21F3N2O3/c1-29-19-5-6-20-15(12-19)11-16(14-30-20)21(28)27-9-7-26(8-10-27)18-4-2-3-17(13-18)22(23,24)25/h2-6,11-13H,7-10,14H2,1H3. The van der Waals surface area contributed by atoms with Gasteiger partial charge in [0.15, 0.2) is 0 Å². The van der Waals surface area contributed by atoms with Gasteiger partial charge in [0.2, 0.25) is 0 Å². The first kappa shape index (κ1) is 20.1. The number of hydrogen-bond donors (Lipinski definition) is 0. The van der Waals surface area contributed by atoms with Crippen LogP contribution in [-0.2, 0) is 11.0 Å². The monoisotopic (exact) mass is 418 g/mol. The van der Waals surface area contributed by atoms with Gasteiger partial charge in [-0.05, 0) is 42.5 Å². The Morgan fingerprint density at radius 3 is 2.53 bits per heavy atom. The maximum atomic E-state index is 13.0.